The average Bonchev–Trinajstić information content (AvgIpc) is 3.79. The molecule has 0 unspecified atom stereocenters. The van der Waals surface area contributed by atoms with Crippen LogP contribution in [-0.2, 0) is 33.3 Å². The second-order valence-corrected chi connectivity index (χ2v) is 11.2. The van der Waals surface area contributed by atoms with E-state index in [0.29, 0.717) is 24.2 Å². The molecule has 0 saturated carbocycles. The van der Waals surface area contributed by atoms with Crippen molar-refractivity contribution >= 4 is 0 Å². The summed E-state index contributed by atoms with van der Waals surface area (Å²) in [6.45, 7) is 10.3. The van der Waals surface area contributed by atoms with E-state index in [1.807, 2.05) is 57.4 Å². The second kappa shape index (κ2) is 17.7. The van der Waals surface area contributed by atoms with Crippen LogP contribution < -0.4 is 5.56 Å². The van der Waals surface area contributed by atoms with Crippen molar-refractivity contribution in [2.24, 2.45) is 0 Å². The van der Waals surface area contributed by atoms with Crippen LogP contribution in [-0.4, -0.2) is 49.0 Å². The summed E-state index contributed by atoms with van der Waals surface area (Å²) < 4.78 is 3.49. The molecule has 0 radical (unpaired) electrons. The number of aryl methyl sites for hydroxylation is 3. The molecule has 0 aliphatic carbocycles. The van der Waals surface area contributed by atoms with E-state index >= 15 is 0 Å². The Labute approximate surface area is 295 Å². The molecule has 6 heterocycles. The van der Waals surface area contributed by atoms with Crippen molar-refractivity contribution in [3.63, 3.8) is 0 Å². The third-order valence-corrected chi connectivity index (χ3v) is 7.15. The van der Waals surface area contributed by atoms with Crippen molar-refractivity contribution in [2.75, 3.05) is 0 Å². The molecule has 0 spiro atoms. The van der Waals surface area contributed by atoms with Gasteiger partial charge in [0.05, 0.1) is 5.69 Å². The van der Waals surface area contributed by atoms with Crippen LogP contribution in [0.4, 0.5) is 0 Å². The molecule has 0 aliphatic heterocycles. The second-order valence-electron chi connectivity index (χ2n) is 11.2. The summed E-state index contributed by atoms with van der Waals surface area (Å²) in [7, 11) is 0. The van der Waals surface area contributed by atoms with Crippen molar-refractivity contribution in [1.82, 2.24) is 49.0 Å². The third-order valence-electron chi connectivity index (χ3n) is 7.15. The Morgan fingerprint density at radius 3 is 2.02 bits per heavy atom. The molecule has 1 N–H and O–H groups in total. The van der Waals surface area contributed by atoms with Crippen molar-refractivity contribution < 1.29 is 20.4 Å². The summed E-state index contributed by atoms with van der Waals surface area (Å²) in [6.07, 6.45) is 18.8. The molecular formula is C36H39N10OPd-. The summed E-state index contributed by atoms with van der Waals surface area (Å²) in [5.41, 5.74) is 6.25. The SMILES string of the molecule is CC(C)c1c(CCc2cccnc2)nc(-n2ccnc2)[nH]c1=O.Cc1nc(-n2ccnc2)nc(C#Cc2cccnc2)c1C(C)C.[CH3-].[Pd]. The van der Waals surface area contributed by atoms with Crippen LogP contribution in [0.2, 0.25) is 0 Å². The standard InChI is InChI=1S/C18H17N5.C17H19N5O.CH3.Pd/c1-13(2)17-14(3)21-18(23-10-9-20-12-23)22-16(17)7-6-15-5-4-8-19-11-15;1-12(2)15-14(6-5-13-4-3-7-18-10-13)20-17(21-16(15)23)22-9-8-19-11-22;;/h4-5,8-13H,1-3H3;3-4,7-12H,5-6H2,1-2H3,(H,20,21,23);1H3;/q;;-1;. The first-order valence-electron chi connectivity index (χ1n) is 15.1. The minimum atomic E-state index is -0.0834. The van der Waals surface area contributed by atoms with Gasteiger partial charge in [-0.15, -0.1) is 0 Å². The predicted molar refractivity (Wildman–Crippen MR) is 182 cm³/mol. The molecule has 48 heavy (non-hydrogen) atoms. The Balaban J connectivity index is 0.000000250. The molecule has 6 aromatic rings. The molecule has 6 aromatic heterocycles. The van der Waals surface area contributed by atoms with E-state index < -0.39 is 0 Å². The van der Waals surface area contributed by atoms with E-state index in [2.05, 4.69) is 65.6 Å². The Morgan fingerprint density at radius 2 is 1.44 bits per heavy atom. The van der Waals surface area contributed by atoms with Crippen LogP contribution in [0.1, 0.15) is 78.9 Å². The molecule has 0 aliphatic rings. The van der Waals surface area contributed by atoms with E-state index in [1.54, 1.807) is 59.0 Å². The largest absolute Gasteiger partial charge is 0.358 e. The molecule has 11 nitrogen and oxygen atoms in total. The maximum Gasteiger partial charge on any atom is 0.256 e. The number of imidazole rings is 2. The van der Waals surface area contributed by atoms with Crippen molar-refractivity contribution in [2.45, 2.75) is 59.3 Å². The van der Waals surface area contributed by atoms with E-state index in [-0.39, 0.29) is 39.3 Å². The summed E-state index contributed by atoms with van der Waals surface area (Å²) in [6, 6.07) is 7.75. The van der Waals surface area contributed by atoms with Crippen LogP contribution in [0.5, 0.6) is 0 Å². The number of hydrogen-bond donors (Lipinski definition) is 1. The molecule has 250 valence electrons. The van der Waals surface area contributed by atoms with Gasteiger partial charge in [0.2, 0.25) is 11.9 Å². The number of aromatic amines is 1. The summed E-state index contributed by atoms with van der Waals surface area (Å²) in [5, 5.41) is 0. The van der Waals surface area contributed by atoms with Crippen LogP contribution in [0.15, 0.2) is 91.3 Å². The number of H-pyrrole nitrogens is 1. The van der Waals surface area contributed by atoms with Gasteiger partial charge in [-0.2, -0.15) is 0 Å². The maximum atomic E-state index is 12.5. The first-order chi connectivity index (χ1) is 22.3. The summed E-state index contributed by atoms with van der Waals surface area (Å²) in [5.74, 6) is 7.80. The average molecular weight is 734 g/mol. The topological polar surface area (TPSA) is 133 Å². The van der Waals surface area contributed by atoms with E-state index in [4.69, 9.17) is 0 Å². The first-order valence-corrected chi connectivity index (χ1v) is 15.1. The zero-order valence-electron chi connectivity index (χ0n) is 27.9. The Hall–Kier alpha value is -5.10. The minimum absolute atomic E-state index is 0. The Bertz CT molecular complexity index is 1980. The van der Waals surface area contributed by atoms with Gasteiger partial charge in [0.1, 0.15) is 18.3 Å². The zero-order chi connectivity index (χ0) is 32.5. The van der Waals surface area contributed by atoms with E-state index in [1.165, 1.54) is 0 Å². The summed E-state index contributed by atoms with van der Waals surface area (Å²) >= 11 is 0. The number of nitrogens with one attached hydrogen (secondary N) is 1. The fraction of sp³-hybridized carbons (Fsp3) is 0.250. The molecular weight excluding hydrogens is 695 g/mol. The van der Waals surface area contributed by atoms with Crippen molar-refractivity contribution in [3.8, 4) is 23.7 Å². The van der Waals surface area contributed by atoms with Gasteiger partial charge in [-0.05, 0) is 61.3 Å². The van der Waals surface area contributed by atoms with Gasteiger partial charge >= 0.3 is 0 Å². The molecule has 12 heteroatoms. The van der Waals surface area contributed by atoms with Crippen LogP contribution in [0.25, 0.3) is 11.9 Å². The van der Waals surface area contributed by atoms with Gasteiger partial charge in [0.15, 0.2) is 0 Å². The van der Waals surface area contributed by atoms with Gasteiger partial charge in [-0.1, -0.05) is 39.7 Å². The number of pyridine rings is 2. The van der Waals surface area contributed by atoms with E-state index in [9.17, 15) is 4.79 Å². The molecule has 0 fully saturated rings. The predicted octanol–water partition coefficient (Wildman–Crippen LogP) is 5.60. The number of nitrogens with zero attached hydrogens (tertiary/aromatic N) is 9. The van der Waals surface area contributed by atoms with Crippen molar-refractivity contribution in [1.29, 1.82) is 0 Å². The van der Waals surface area contributed by atoms with Gasteiger partial charge in [-0.25, -0.2) is 24.9 Å². The fourth-order valence-corrected chi connectivity index (χ4v) is 5.03. The Morgan fingerprint density at radius 1 is 0.771 bits per heavy atom. The van der Waals surface area contributed by atoms with Gasteiger partial charge < -0.3 is 7.43 Å². The van der Waals surface area contributed by atoms with Crippen LogP contribution in [0.3, 0.4) is 0 Å². The normalized spacial score (nSPS) is 10.3. The minimum Gasteiger partial charge on any atom is -0.358 e. The first kappa shape index (κ1) is 37.4. The van der Waals surface area contributed by atoms with Crippen molar-refractivity contribution in [3.05, 3.63) is 144 Å². The van der Waals surface area contributed by atoms with Gasteiger partial charge in [0.25, 0.3) is 5.56 Å². The smallest absolute Gasteiger partial charge is 0.256 e. The molecule has 0 atom stereocenters. The fourth-order valence-electron chi connectivity index (χ4n) is 5.03. The molecule has 6 rings (SSSR count). The number of aromatic nitrogens is 10. The summed E-state index contributed by atoms with van der Waals surface area (Å²) in [4.78, 5) is 45.4. The molecule has 0 aromatic carbocycles. The molecule has 0 bridgehead atoms. The number of rotatable bonds is 7. The molecule has 0 saturated heterocycles. The van der Waals surface area contributed by atoms with Gasteiger partial charge in [-0.3, -0.25) is 28.9 Å². The molecule has 0 amide bonds. The van der Waals surface area contributed by atoms with Gasteiger partial charge in [0, 0.05) is 92.4 Å². The van der Waals surface area contributed by atoms with E-state index in [0.717, 1.165) is 45.8 Å². The Kier molecular flexibility index (Phi) is 13.8. The van der Waals surface area contributed by atoms with Crippen LogP contribution in [0, 0.1) is 26.2 Å². The quantitative estimate of drug-likeness (QED) is 0.128. The number of hydrogen-bond acceptors (Lipinski definition) is 8. The zero-order valence-corrected chi connectivity index (χ0v) is 29.5. The van der Waals surface area contributed by atoms with Crippen LogP contribution >= 0.6 is 0 Å². The third kappa shape index (κ3) is 9.48. The monoisotopic (exact) mass is 733 g/mol. The maximum absolute atomic E-state index is 12.5.